The van der Waals surface area contributed by atoms with Gasteiger partial charge < -0.3 is 10.2 Å². The summed E-state index contributed by atoms with van der Waals surface area (Å²) in [5.74, 6) is 0.553. The molecule has 0 bridgehead atoms. The highest BCUT2D eigenvalue weighted by atomic mass is 35.5. The summed E-state index contributed by atoms with van der Waals surface area (Å²) in [7, 11) is 0. The van der Waals surface area contributed by atoms with Gasteiger partial charge >= 0.3 is 0 Å². The van der Waals surface area contributed by atoms with Crippen LogP contribution in [-0.4, -0.2) is 30.6 Å². The Morgan fingerprint density at radius 1 is 1.33 bits per heavy atom. The Morgan fingerprint density at radius 2 is 2.19 bits per heavy atom. The molecule has 21 heavy (non-hydrogen) atoms. The van der Waals surface area contributed by atoms with Gasteiger partial charge in [0.1, 0.15) is 5.69 Å². The van der Waals surface area contributed by atoms with E-state index >= 15 is 0 Å². The lowest BCUT2D eigenvalue weighted by atomic mass is 9.89. The van der Waals surface area contributed by atoms with Gasteiger partial charge in [0.15, 0.2) is 0 Å². The third-order valence-corrected chi connectivity index (χ3v) is 4.91. The van der Waals surface area contributed by atoms with E-state index in [-0.39, 0.29) is 10.6 Å². The quantitative estimate of drug-likeness (QED) is 0.688. The van der Waals surface area contributed by atoms with Crippen LogP contribution in [-0.2, 0) is 0 Å². The fraction of sp³-hybridized carbons (Fsp3) is 0.600. The van der Waals surface area contributed by atoms with E-state index in [0.717, 1.165) is 26.1 Å². The van der Waals surface area contributed by atoms with E-state index in [0.29, 0.717) is 22.7 Å². The number of nitro groups is 1. The van der Waals surface area contributed by atoms with Crippen molar-refractivity contribution in [2.75, 3.05) is 24.5 Å². The predicted octanol–water partition coefficient (Wildman–Crippen LogP) is 3.22. The van der Waals surface area contributed by atoms with Crippen molar-refractivity contribution in [2.45, 2.75) is 31.7 Å². The highest BCUT2D eigenvalue weighted by molar-refractivity contribution is 6.33. The second-order valence-electron chi connectivity index (χ2n) is 5.92. The first kappa shape index (κ1) is 14.6. The molecular weight excluding hydrogens is 290 g/mol. The maximum absolute atomic E-state index is 11.3. The molecule has 2 atom stereocenters. The van der Waals surface area contributed by atoms with Crippen LogP contribution >= 0.6 is 11.6 Å². The van der Waals surface area contributed by atoms with Crippen LogP contribution in [0.1, 0.15) is 25.7 Å². The van der Waals surface area contributed by atoms with Crippen molar-refractivity contribution in [3.05, 3.63) is 33.3 Å². The van der Waals surface area contributed by atoms with Gasteiger partial charge in [-0.2, -0.15) is 0 Å². The van der Waals surface area contributed by atoms with E-state index in [1.165, 1.54) is 19.3 Å². The maximum Gasteiger partial charge on any atom is 0.294 e. The molecule has 0 spiro atoms. The molecule has 0 aromatic heterocycles. The topological polar surface area (TPSA) is 58.4 Å². The van der Waals surface area contributed by atoms with Crippen LogP contribution in [0.2, 0.25) is 5.02 Å². The summed E-state index contributed by atoms with van der Waals surface area (Å²) in [5, 5.41) is 15.3. The lowest BCUT2D eigenvalue weighted by Crippen LogP contribution is -2.43. The van der Waals surface area contributed by atoms with Crippen molar-refractivity contribution < 1.29 is 4.92 Å². The lowest BCUT2D eigenvalue weighted by molar-refractivity contribution is -0.384. The molecule has 1 N–H and O–H groups in total. The molecular formula is C15H20ClN3O2. The van der Waals surface area contributed by atoms with Crippen molar-refractivity contribution in [2.24, 2.45) is 5.92 Å². The molecule has 0 radical (unpaired) electrons. The molecule has 3 rings (SSSR count). The van der Waals surface area contributed by atoms with Gasteiger partial charge in [0.2, 0.25) is 0 Å². The van der Waals surface area contributed by atoms with Gasteiger partial charge in [-0.3, -0.25) is 10.1 Å². The maximum atomic E-state index is 11.3. The zero-order valence-corrected chi connectivity index (χ0v) is 12.7. The van der Waals surface area contributed by atoms with Gasteiger partial charge in [-0.1, -0.05) is 17.7 Å². The monoisotopic (exact) mass is 309 g/mol. The Bertz CT molecular complexity index is 532. The molecule has 2 fully saturated rings. The summed E-state index contributed by atoms with van der Waals surface area (Å²) in [5.41, 5.74) is 0.703. The fourth-order valence-electron chi connectivity index (χ4n) is 3.62. The summed E-state index contributed by atoms with van der Waals surface area (Å²) >= 11 is 6.25. The minimum absolute atomic E-state index is 0.113. The third-order valence-electron chi connectivity index (χ3n) is 4.60. The van der Waals surface area contributed by atoms with E-state index in [9.17, 15) is 10.1 Å². The van der Waals surface area contributed by atoms with E-state index in [2.05, 4.69) is 10.2 Å². The Labute approximate surface area is 129 Å². The van der Waals surface area contributed by atoms with Crippen LogP contribution < -0.4 is 10.2 Å². The first-order valence-corrected chi connectivity index (χ1v) is 7.96. The molecule has 2 heterocycles. The Morgan fingerprint density at radius 3 is 2.90 bits per heavy atom. The SMILES string of the molecule is O=[N+]([O-])c1cccc(Cl)c1N1CCCC(C2CCCN2)C1. The zero-order chi connectivity index (χ0) is 14.8. The number of rotatable bonds is 3. The summed E-state index contributed by atoms with van der Waals surface area (Å²) < 4.78 is 0. The average molecular weight is 310 g/mol. The molecule has 6 heteroatoms. The molecule has 2 aliphatic rings. The van der Waals surface area contributed by atoms with Gasteiger partial charge in [-0.05, 0) is 44.2 Å². The van der Waals surface area contributed by atoms with Gasteiger partial charge in [0.05, 0.1) is 9.95 Å². The zero-order valence-electron chi connectivity index (χ0n) is 11.9. The molecule has 0 aliphatic carbocycles. The molecule has 2 saturated heterocycles. The van der Waals surface area contributed by atoms with E-state index in [1.807, 2.05) is 0 Å². The minimum atomic E-state index is -0.335. The number of nitrogens with zero attached hydrogens (tertiary/aromatic N) is 2. The molecule has 2 unspecified atom stereocenters. The average Bonchev–Trinajstić information content (AvgIpc) is 3.01. The highest BCUT2D eigenvalue weighted by Gasteiger charge is 2.32. The summed E-state index contributed by atoms with van der Waals surface area (Å²) in [4.78, 5) is 13.0. The lowest BCUT2D eigenvalue weighted by Gasteiger charge is -2.37. The van der Waals surface area contributed by atoms with Crippen molar-refractivity contribution in [1.29, 1.82) is 0 Å². The Kier molecular flexibility index (Phi) is 4.31. The van der Waals surface area contributed by atoms with Crippen LogP contribution in [0, 0.1) is 16.0 Å². The second-order valence-corrected chi connectivity index (χ2v) is 6.32. The predicted molar refractivity (Wildman–Crippen MR) is 84.1 cm³/mol. The third kappa shape index (κ3) is 2.99. The normalized spacial score (nSPS) is 26.0. The minimum Gasteiger partial charge on any atom is -0.364 e. The second kappa shape index (κ2) is 6.20. The van der Waals surface area contributed by atoms with Crippen LogP contribution in [0.3, 0.4) is 0 Å². The largest absolute Gasteiger partial charge is 0.364 e. The van der Waals surface area contributed by atoms with E-state index in [1.54, 1.807) is 18.2 Å². The number of nitro benzene ring substituents is 1. The van der Waals surface area contributed by atoms with Gasteiger partial charge in [-0.25, -0.2) is 0 Å². The standard InChI is InChI=1S/C15H20ClN3O2/c16-12-5-1-7-14(19(20)21)15(12)18-9-3-4-11(10-18)13-6-2-8-17-13/h1,5,7,11,13,17H,2-4,6,8-10H2. The summed E-state index contributed by atoms with van der Waals surface area (Å²) in [6.07, 6.45) is 4.69. The van der Waals surface area contributed by atoms with E-state index < -0.39 is 0 Å². The van der Waals surface area contributed by atoms with Crippen molar-refractivity contribution >= 4 is 23.0 Å². The Balaban J connectivity index is 1.84. The molecule has 1 aromatic rings. The summed E-state index contributed by atoms with van der Waals surface area (Å²) in [6.45, 7) is 2.78. The molecule has 1 aromatic carbocycles. The molecule has 0 saturated carbocycles. The van der Waals surface area contributed by atoms with Crippen molar-refractivity contribution in [1.82, 2.24) is 5.32 Å². The van der Waals surface area contributed by atoms with Gasteiger partial charge in [0.25, 0.3) is 5.69 Å². The van der Waals surface area contributed by atoms with Crippen LogP contribution in [0.25, 0.3) is 0 Å². The number of halogens is 1. The highest BCUT2D eigenvalue weighted by Crippen LogP contribution is 2.38. The molecule has 5 nitrogen and oxygen atoms in total. The van der Waals surface area contributed by atoms with Crippen molar-refractivity contribution in [3.63, 3.8) is 0 Å². The van der Waals surface area contributed by atoms with Gasteiger partial charge in [0, 0.05) is 25.2 Å². The summed E-state index contributed by atoms with van der Waals surface area (Å²) in [6, 6.07) is 5.47. The molecule has 0 amide bonds. The van der Waals surface area contributed by atoms with Crippen LogP contribution in [0.5, 0.6) is 0 Å². The fourth-order valence-corrected chi connectivity index (χ4v) is 3.91. The number of para-hydroxylation sites is 1. The molecule has 114 valence electrons. The van der Waals surface area contributed by atoms with Gasteiger partial charge in [-0.15, -0.1) is 0 Å². The number of nitrogens with one attached hydrogen (secondary N) is 1. The van der Waals surface area contributed by atoms with E-state index in [4.69, 9.17) is 11.6 Å². The van der Waals surface area contributed by atoms with Crippen LogP contribution in [0.15, 0.2) is 18.2 Å². The number of piperidine rings is 1. The first-order valence-electron chi connectivity index (χ1n) is 7.58. The number of anilines is 1. The number of hydrogen-bond acceptors (Lipinski definition) is 4. The Hall–Kier alpha value is -1.33. The van der Waals surface area contributed by atoms with Crippen LogP contribution in [0.4, 0.5) is 11.4 Å². The molecule has 2 aliphatic heterocycles. The smallest absolute Gasteiger partial charge is 0.294 e. The first-order chi connectivity index (χ1) is 10.2. The number of hydrogen-bond donors (Lipinski definition) is 1. The van der Waals surface area contributed by atoms with Crippen molar-refractivity contribution in [3.8, 4) is 0 Å². The number of benzene rings is 1.